The molecule has 152 valence electrons. The fourth-order valence-corrected chi connectivity index (χ4v) is 6.46. The fourth-order valence-electron chi connectivity index (χ4n) is 6.46. The molecule has 0 radical (unpaired) electrons. The van der Waals surface area contributed by atoms with Crippen LogP contribution >= 0.6 is 0 Å². The van der Waals surface area contributed by atoms with Crippen molar-refractivity contribution in [2.24, 2.45) is 23.2 Å². The zero-order chi connectivity index (χ0) is 19.7. The lowest BCUT2D eigenvalue weighted by Crippen LogP contribution is -2.47. The van der Waals surface area contributed by atoms with Gasteiger partial charge in [0.25, 0.3) is 5.91 Å². The number of benzene rings is 1. The Morgan fingerprint density at radius 3 is 2.32 bits per heavy atom. The SMILES string of the molecule is CC[C@@H](C)c1ccccc1NC(=O)COC(=O)CC12CC3CC(CC(C3)C1)C2. The number of anilines is 1. The normalized spacial score (nSPS) is 31.4. The number of rotatable bonds is 7. The maximum Gasteiger partial charge on any atom is 0.306 e. The number of amides is 1. The van der Waals surface area contributed by atoms with Crippen molar-refractivity contribution < 1.29 is 14.3 Å². The average Bonchev–Trinajstić information content (AvgIpc) is 2.65. The van der Waals surface area contributed by atoms with Gasteiger partial charge < -0.3 is 10.1 Å². The van der Waals surface area contributed by atoms with Crippen molar-refractivity contribution in [2.75, 3.05) is 11.9 Å². The second-order valence-corrected chi connectivity index (χ2v) is 9.70. The molecular weight excluding hydrogens is 350 g/mol. The summed E-state index contributed by atoms with van der Waals surface area (Å²) in [5, 5.41) is 2.92. The summed E-state index contributed by atoms with van der Waals surface area (Å²) in [5.41, 5.74) is 2.10. The van der Waals surface area contributed by atoms with Crippen molar-refractivity contribution >= 4 is 17.6 Å². The van der Waals surface area contributed by atoms with Gasteiger partial charge in [-0.3, -0.25) is 9.59 Å². The summed E-state index contributed by atoms with van der Waals surface area (Å²) in [6.45, 7) is 4.09. The van der Waals surface area contributed by atoms with E-state index in [9.17, 15) is 9.59 Å². The lowest BCUT2D eigenvalue weighted by Gasteiger charge is -2.56. The van der Waals surface area contributed by atoms with E-state index < -0.39 is 0 Å². The summed E-state index contributed by atoms with van der Waals surface area (Å²) < 4.78 is 5.39. The highest BCUT2D eigenvalue weighted by atomic mass is 16.5. The second kappa shape index (κ2) is 7.88. The lowest BCUT2D eigenvalue weighted by molar-refractivity contribution is -0.154. The van der Waals surface area contributed by atoms with Crippen LogP contribution in [0.15, 0.2) is 24.3 Å². The van der Waals surface area contributed by atoms with E-state index in [1.165, 1.54) is 38.5 Å². The molecule has 4 saturated carbocycles. The molecule has 0 aromatic heterocycles. The molecule has 0 aliphatic heterocycles. The molecule has 4 aliphatic rings. The number of carbonyl (C=O) groups excluding carboxylic acids is 2. The number of ether oxygens (including phenoxy) is 1. The molecule has 4 nitrogen and oxygen atoms in total. The minimum Gasteiger partial charge on any atom is -0.456 e. The Kier molecular flexibility index (Phi) is 5.48. The fraction of sp³-hybridized carbons (Fsp3) is 0.667. The first-order chi connectivity index (χ1) is 13.5. The second-order valence-electron chi connectivity index (χ2n) is 9.70. The van der Waals surface area contributed by atoms with Crippen molar-refractivity contribution in [3.05, 3.63) is 29.8 Å². The van der Waals surface area contributed by atoms with Crippen LogP contribution in [0, 0.1) is 23.2 Å². The van der Waals surface area contributed by atoms with E-state index in [-0.39, 0.29) is 23.9 Å². The summed E-state index contributed by atoms with van der Waals surface area (Å²) in [6.07, 6.45) is 9.15. The summed E-state index contributed by atoms with van der Waals surface area (Å²) in [5.74, 6) is 2.37. The Bertz CT molecular complexity index is 706. The molecule has 1 amide bonds. The van der Waals surface area contributed by atoms with Crippen molar-refractivity contribution in [1.82, 2.24) is 0 Å². The number of hydrogen-bond donors (Lipinski definition) is 1. The number of para-hydroxylation sites is 1. The van der Waals surface area contributed by atoms with Crippen LogP contribution in [0.25, 0.3) is 0 Å². The van der Waals surface area contributed by atoms with E-state index >= 15 is 0 Å². The van der Waals surface area contributed by atoms with Crippen LogP contribution in [-0.4, -0.2) is 18.5 Å². The van der Waals surface area contributed by atoms with Gasteiger partial charge in [-0.25, -0.2) is 0 Å². The summed E-state index contributed by atoms with van der Waals surface area (Å²) in [6, 6.07) is 7.86. The van der Waals surface area contributed by atoms with Gasteiger partial charge in [0.15, 0.2) is 6.61 Å². The molecule has 28 heavy (non-hydrogen) atoms. The highest BCUT2D eigenvalue weighted by Gasteiger charge is 2.51. The van der Waals surface area contributed by atoms with Gasteiger partial charge in [0.2, 0.25) is 0 Å². The molecule has 0 heterocycles. The molecule has 0 spiro atoms. The van der Waals surface area contributed by atoms with Crippen molar-refractivity contribution in [3.63, 3.8) is 0 Å². The van der Waals surface area contributed by atoms with Crippen LogP contribution in [0.2, 0.25) is 0 Å². The van der Waals surface area contributed by atoms with Crippen molar-refractivity contribution in [2.45, 2.75) is 71.1 Å². The average molecular weight is 384 g/mol. The zero-order valence-corrected chi connectivity index (χ0v) is 17.2. The third-order valence-corrected chi connectivity index (χ3v) is 7.43. The molecule has 5 rings (SSSR count). The lowest BCUT2D eigenvalue weighted by atomic mass is 9.49. The van der Waals surface area contributed by atoms with Crippen LogP contribution in [-0.2, 0) is 14.3 Å². The van der Waals surface area contributed by atoms with Gasteiger partial charge >= 0.3 is 5.97 Å². The van der Waals surface area contributed by atoms with Crippen LogP contribution < -0.4 is 5.32 Å². The molecule has 4 bridgehead atoms. The van der Waals surface area contributed by atoms with Crippen molar-refractivity contribution in [1.29, 1.82) is 0 Å². The molecule has 1 N–H and O–H groups in total. The van der Waals surface area contributed by atoms with Crippen LogP contribution in [0.4, 0.5) is 5.69 Å². The van der Waals surface area contributed by atoms with Gasteiger partial charge in [-0.2, -0.15) is 0 Å². The Hall–Kier alpha value is -1.84. The van der Waals surface area contributed by atoms with E-state index in [1.807, 2.05) is 24.3 Å². The predicted octanol–water partition coefficient (Wildman–Crippen LogP) is 5.29. The Morgan fingerprint density at radius 2 is 1.71 bits per heavy atom. The third kappa shape index (κ3) is 4.11. The standard InChI is InChI=1S/C24H33NO3/c1-3-16(2)20-6-4-5-7-21(20)25-22(26)15-28-23(27)14-24-11-17-8-18(12-24)10-19(9-17)13-24/h4-7,16-19H,3,8-15H2,1-2H3,(H,25,26)/t16-,17?,18?,19?,24?/m1/s1. The Labute approximate surface area is 168 Å². The van der Waals surface area contributed by atoms with Gasteiger partial charge in [0.05, 0.1) is 6.42 Å². The van der Waals surface area contributed by atoms with E-state index in [2.05, 4.69) is 19.2 Å². The van der Waals surface area contributed by atoms with Gasteiger partial charge in [-0.1, -0.05) is 32.0 Å². The quantitative estimate of drug-likeness (QED) is 0.651. The van der Waals surface area contributed by atoms with Gasteiger partial charge in [-0.05, 0) is 85.7 Å². The molecule has 1 atom stereocenters. The number of hydrogen-bond acceptors (Lipinski definition) is 3. The van der Waals surface area contributed by atoms with Gasteiger partial charge in [0, 0.05) is 5.69 Å². The first-order valence-electron chi connectivity index (χ1n) is 11.0. The largest absolute Gasteiger partial charge is 0.456 e. The van der Waals surface area contributed by atoms with Gasteiger partial charge in [0.1, 0.15) is 0 Å². The highest BCUT2D eigenvalue weighted by Crippen LogP contribution is 2.61. The van der Waals surface area contributed by atoms with E-state index in [1.54, 1.807) is 0 Å². The molecule has 4 aliphatic carbocycles. The number of carbonyl (C=O) groups is 2. The molecule has 0 unspecified atom stereocenters. The van der Waals surface area contributed by atoms with E-state index in [0.717, 1.165) is 35.4 Å². The van der Waals surface area contributed by atoms with Gasteiger partial charge in [-0.15, -0.1) is 0 Å². The molecule has 1 aromatic rings. The first-order valence-corrected chi connectivity index (χ1v) is 11.0. The smallest absolute Gasteiger partial charge is 0.306 e. The van der Waals surface area contributed by atoms with Crippen LogP contribution in [0.1, 0.15) is 76.7 Å². The predicted molar refractivity (Wildman–Crippen MR) is 110 cm³/mol. The van der Waals surface area contributed by atoms with E-state index in [4.69, 9.17) is 4.74 Å². The molecule has 1 aromatic carbocycles. The topological polar surface area (TPSA) is 55.4 Å². The number of esters is 1. The summed E-state index contributed by atoms with van der Waals surface area (Å²) >= 11 is 0. The van der Waals surface area contributed by atoms with Crippen LogP contribution in [0.5, 0.6) is 0 Å². The Balaban J connectivity index is 1.29. The molecule has 4 fully saturated rings. The number of nitrogens with one attached hydrogen (secondary N) is 1. The maximum absolute atomic E-state index is 12.5. The van der Waals surface area contributed by atoms with Crippen LogP contribution in [0.3, 0.4) is 0 Å². The third-order valence-electron chi connectivity index (χ3n) is 7.43. The minimum absolute atomic E-state index is 0.158. The first kappa shape index (κ1) is 19.5. The summed E-state index contributed by atoms with van der Waals surface area (Å²) in [4.78, 5) is 24.9. The highest BCUT2D eigenvalue weighted by molar-refractivity contribution is 5.93. The zero-order valence-electron chi connectivity index (χ0n) is 17.2. The monoisotopic (exact) mass is 383 g/mol. The summed E-state index contributed by atoms with van der Waals surface area (Å²) in [7, 11) is 0. The van der Waals surface area contributed by atoms with Crippen molar-refractivity contribution in [3.8, 4) is 0 Å². The molecular formula is C24H33NO3. The Morgan fingerprint density at radius 1 is 1.11 bits per heavy atom. The van der Waals surface area contributed by atoms with E-state index in [0.29, 0.717) is 12.3 Å². The minimum atomic E-state index is -0.255. The maximum atomic E-state index is 12.5. The molecule has 4 heteroatoms. The molecule has 0 saturated heterocycles.